The van der Waals surface area contributed by atoms with Crippen molar-refractivity contribution in [1.29, 1.82) is 0 Å². The van der Waals surface area contributed by atoms with Crippen molar-refractivity contribution < 1.29 is 22.7 Å². The van der Waals surface area contributed by atoms with E-state index in [0.717, 1.165) is 4.31 Å². The topological polar surface area (TPSA) is 84.0 Å². The van der Waals surface area contributed by atoms with Crippen molar-refractivity contribution in [2.45, 2.75) is 11.4 Å². The number of benzene rings is 2. The molecule has 1 heterocycles. The summed E-state index contributed by atoms with van der Waals surface area (Å²) in [7, 11) is 0.775. The van der Waals surface area contributed by atoms with Crippen molar-refractivity contribution in [3.05, 3.63) is 59.2 Å². The van der Waals surface area contributed by atoms with Crippen molar-refractivity contribution in [2.75, 3.05) is 21.2 Å². The third-order valence-corrected chi connectivity index (χ3v) is 5.91. The lowest BCUT2D eigenvalue weighted by molar-refractivity contribution is 0.0827. The highest BCUT2D eigenvalue weighted by molar-refractivity contribution is 7.90. The van der Waals surface area contributed by atoms with Crippen LogP contribution in [0, 0.1) is 0 Å². The normalized spacial score (nSPS) is 14.9. The molecule has 3 rings (SSSR count). The Bertz CT molecular complexity index is 998. The second-order valence-electron chi connectivity index (χ2n) is 6.08. The maximum atomic E-state index is 12.7. The van der Waals surface area contributed by atoms with Gasteiger partial charge in [0.05, 0.1) is 19.2 Å². The maximum absolute atomic E-state index is 12.7. The summed E-state index contributed by atoms with van der Waals surface area (Å²) in [6, 6.07) is 10.9. The minimum atomic E-state index is -3.94. The Morgan fingerprint density at radius 3 is 2.54 bits per heavy atom. The zero-order valence-corrected chi connectivity index (χ0v) is 15.4. The largest absolute Gasteiger partial charge is 0.497 e. The third kappa shape index (κ3) is 2.92. The molecular formula is C18H18N2O5S. The standard InChI is InChI=1S/C18H18N2O5S/c1-19(2)17(21)13-6-4-5-12(9-13)11-20-18(22)15-10-14(25-3)7-8-16(15)26(20,23)24/h4-10H,11H2,1-3H3. The molecule has 1 aliphatic heterocycles. The number of amides is 2. The van der Waals surface area contributed by atoms with E-state index in [1.165, 1.54) is 30.2 Å². The number of rotatable bonds is 4. The van der Waals surface area contributed by atoms with Crippen LogP contribution < -0.4 is 4.74 Å². The second-order valence-corrected chi connectivity index (χ2v) is 7.91. The van der Waals surface area contributed by atoms with E-state index in [0.29, 0.717) is 16.9 Å². The summed E-state index contributed by atoms with van der Waals surface area (Å²) in [6.07, 6.45) is 0. The first kappa shape index (κ1) is 17.9. The van der Waals surface area contributed by atoms with Crippen molar-refractivity contribution in [3.63, 3.8) is 0 Å². The number of ether oxygens (including phenoxy) is 1. The molecule has 0 saturated heterocycles. The van der Waals surface area contributed by atoms with Gasteiger partial charge in [-0.15, -0.1) is 0 Å². The summed E-state index contributed by atoms with van der Waals surface area (Å²) < 4.78 is 31.3. The van der Waals surface area contributed by atoms with Gasteiger partial charge in [0.2, 0.25) is 0 Å². The van der Waals surface area contributed by atoms with E-state index in [-0.39, 0.29) is 22.9 Å². The molecule has 0 unspecified atom stereocenters. The molecule has 0 spiro atoms. The van der Waals surface area contributed by atoms with Crippen LogP contribution >= 0.6 is 0 Å². The van der Waals surface area contributed by atoms with Crippen LogP contribution in [0.3, 0.4) is 0 Å². The fourth-order valence-electron chi connectivity index (χ4n) is 2.77. The number of hydrogen-bond donors (Lipinski definition) is 0. The van der Waals surface area contributed by atoms with Gasteiger partial charge in [0.1, 0.15) is 10.6 Å². The molecule has 0 N–H and O–H groups in total. The lowest BCUT2D eigenvalue weighted by Crippen LogP contribution is -2.29. The molecule has 0 atom stereocenters. The van der Waals surface area contributed by atoms with Crippen LogP contribution in [0.5, 0.6) is 5.75 Å². The zero-order valence-electron chi connectivity index (χ0n) is 14.6. The van der Waals surface area contributed by atoms with E-state index < -0.39 is 15.9 Å². The second kappa shape index (κ2) is 6.45. The predicted octanol–water partition coefficient (Wildman–Crippen LogP) is 1.74. The van der Waals surface area contributed by atoms with Crippen LogP contribution in [-0.4, -0.2) is 50.6 Å². The fraction of sp³-hybridized carbons (Fsp3) is 0.222. The zero-order chi connectivity index (χ0) is 19.1. The molecule has 2 aromatic rings. The third-order valence-electron chi connectivity index (χ3n) is 4.12. The lowest BCUT2D eigenvalue weighted by Gasteiger charge is -2.16. The molecule has 2 aromatic carbocycles. The number of fused-ring (bicyclic) bond motifs is 1. The first-order valence-corrected chi connectivity index (χ1v) is 9.25. The van der Waals surface area contributed by atoms with Crippen LogP contribution in [0.1, 0.15) is 26.3 Å². The minimum Gasteiger partial charge on any atom is -0.497 e. The van der Waals surface area contributed by atoms with Crippen molar-refractivity contribution in [1.82, 2.24) is 9.21 Å². The molecule has 0 aliphatic carbocycles. The van der Waals surface area contributed by atoms with Crippen molar-refractivity contribution >= 4 is 21.8 Å². The molecular weight excluding hydrogens is 356 g/mol. The molecule has 26 heavy (non-hydrogen) atoms. The van der Waals surface area contributed by atoms with Gasteiger partial charge in [-0.05, 0) is 35.9 Å². The summed E-state index contributed by atoms with van der Waals surface area (Å²) in [5.74, 6) is -0.397. The Morgan fingerprint density at radius 2 is 1.88 bits per heavy atom. The SMILES string of the molecule is COc1ccc2c(c1)C(=O)N(Cc1cccc(C(=O)N(C)C)c1)S2(=O)=O. The number of sulfonamides is 1. The van der Waals surface area contributed by atoms with Crippen LogP contribution in [0.25, 0.3) is 0 Å². The number of carbonyl (C=O) groups is 2. The molecule has 2 amide bonds. The Balaban J connectivity index is 1.95. The summed E-state index contributed by atoms with van der Waals surface area (Å²) in [5, 5.41) is 0. The van der Waals surface area contributed by atoms with Gasteiger partial charge in [0.15, 0.2) is 0 Å². The molecule has 1 aliphatic rings. The molecule has 0 saturated carbocycles. The fourth-order valence-corrected chi connectivity index (χ4v) is 4.31. The summed E-state index contributed by atoms with van der Waals surface area (Å²) in [4.78, 5) is 26.1. The van der Waals surface area contributed by atoms with Gasteiger partial charge in [-0.25, -0.2) is 12.7 Å². The Kier molecular flexibility index (Phi) is 4.45. The molecule has 0 radical (unpaired) electrons. The summed E-state index contributed by atoms with van der Waals surface area (Å²) in [5.41, 5.74) is 1.06. The van der Waals surface area contributed by atoms with E-state index in [1.807, 2.05) is 0 Å². The van der Waals surface area contributed by atoms with E-state index in [1.54, 1.807) is 38.4 Å². The molecule has 0 fully saturated rings. The average Bonchev–Trinajstić information content (AvgIpc) is 2.81. The Morgan fingerprint density at radius 1 is 1.15 bits per heavy atom. The summed E-state index contributed by atoms with van der Waals surface area (Å²) >= 11 is 0. The molecule has 0 bridgehead atoms. The summed E-state index contributed by atoms with van der Waals surface area (Å²) in [6.45, 7) is -0.146. The van der Waals surface area contributed by atoms with Gasteiger partial charge >= 0.3 is 0 Å². The smallest absolute Gasteiger partial charge is 0.269 e. The Labute approximate surface area is 151 Å². The minimum absolute atomic E-state index is 0.0381. The molecule has 0 aromatic heterocycles. The first-order chi connectivity index (χ1) is 12.3. The van der Waals surface area contributed by atoms with E-state index in [2.05, 4.69) is 0 Å². The number of methoxy groups -OCH3 is 1. The number of nitrogens with zero attached hydrogens (tertiary/aromatic N) is 2. The van der Waals surface area contributed by atoms with Gasteiger partial charge in [-0.1, -0.05) is 12.1 Å². The lowest BCUT2D eigenvalue weighted by atomic mass is 10.1. The highest BCUT2D eigenvalue weighted by atomic mass is 32.2. The van der Waals surface area contributed by atoms with Gasteiger partial charge in [0.25, 0.3) is 21.8 Å². The van der Waals surface area contributed by atoms with Gasteiger partial charge in [-0.2, -0.15) is 0 Å². The highest BCUT2D eigenvalue weighted by Crippen LogP contribution is 2.33. The first-order valence-electron chi connectivity index (χ1n) is 7.81. The van der Waals surface area contributed by atoms with Crippen LogP contribution in [-0.2, 0) is 16.6 Å². The Hall–Kier alpha value is -2.87. The van der Waals surface area contributed by atoms with E-state index >= 15 is 0 Å². The van der Waals surface area contributed by atoms with E-state index in [4.69, 9.17) is 4.74 Å². The van der Waals surface area contributed by atoms with Gasteiger partial charge in [-0.3, -0.25) is 9.59 Å². The number of hydrogen-bond acceptors (Lipinski definition) is 5. The van der Waals surface area contributed by atoms with Crippen LogP contribution in [0.2, 0.25) is 0 Å². The van der Waals surface area contributed by atoms with E-state index in [9.17, 15) is 18.0 Å². The quantitative estimate of drug-likeness (QED) is 0.814. The number of carbonyl (C=O) groups excluding carboxylic acids is 2. The monoisotopic (exact) mass is 374 g/mol. The van der Waals surface area contributed by atoms with Crippen molar-refractivity contribution in [2.24, 2.45) is 0 Å². The van der Waals surface area contributed by atoms with Crippen LogP contribution in [0.4, 0.5) is 0 Å². The van der Waals surface area contributed by atoms with Gasteiger partial charge < -0.3 is 9.64 Å². The molecule has 8 heteroatoms. The molecule has 7 nitrogen and oxygen atoms in total. The highest BCUT2D eigenvalue weighted by Gasteiger charge is 2.41. The van der Waals surface area contributed by atoms with Crippen LogP contribution in [0.15, 0.2) is 47.4 Å². The molecule has 136 valence electrons. The average molecular weight is 374 g/mol. The van der Waals surface area contributed by atoms with Crippen molar-refractivity contribution in [3.8, 4) is 5.75 Å². The maximum Gasteiger partial charge on any atom is 0.269 e. The predicted molar refractivity (Wildman–Crippen MR) is 94.5 cm³/mol. The van der Waals surface area contributed by atoms with Gasteiger partial charge in [0, 0.05) is 19.7 Å².